The molecule has 0 saturated carbocycles. The van der Waals surface area contributed by atoms with E-state index in [0.717, 1.165) is 29.1 Å². The van der Waals surface area contributed by atoms with E-state index in [2.05, 4.69) is 31.2 Å². The van der Waals surface area contributed by atoms with Gasteiger partial charge in [-0.2, -0.15) is 5.10 Å². The van der Waals surface area contributed by atoms with Crippen molar-refractivity contribution in [3.05, 3.63) is 30.0 Å². The highest BCUT2D eigenvalue weighted by molar-refractivity contribution is 5.67. The van der Waals surface area contributed by atoms with Crippen molar-refractivity contribution in [3.8, 4) is 11.1 Å². The van der Waals surface area contributed by atoms with Gasteiger partial charge in [-0.15, -0.1) is 0 Å². The van der Waals surface area contributed by atoms with Crippen LogP contribution in [0.1, 0.15) is 25.3 Å². The van der Waals surface area contributed by atoms with E-state index in [9.17, 15) is 0 Å². The molecule has 0 saturated heterocycles. The molecule has 0 radical (unpaired) electrons. The van der Waals surface area contributed by atoms with Crippen LogP contribution < -0.4 is 5.32 Å². The van der Waals surface area contributed by atoms with Crippen LogP contribution in [0.25, 0.3) is 11.1 Å². The summed E-state index contributed by atoms with van der Waals surface area (Å²) < 4.78 is 7.41. The van der Waals surface area contributed by atoms with E-state index in [1.807, 2.05) is 24.0 Å². The lowest BCUT2D eigenvalue weighted by atomic mass is 10.1. The van der Waals surface area contributed by atoms with Gasteiger partial charge in [0.2, 0.25) is 0 Å². The zero-order chi connectivity index (χ0) is 12.4. The minimum Gasteiger partial charge on any atom is -0.467 e. The average Bonchev–Trinajstić information content (AvgIpc) is 2.85. The van der Waals surface area contributed by atoms with Gasteiger partial charge in [0.1, 0.15) is 5.76 Å². The van der Waals surface area contributed by atoms with Gasteiger partial charge in [-0.05, 0) is 13.0 Å². The summed E-state index contributed by atoms with van der Waals surface area (Å²) in [6.45, 7) is 7.05. The standard InChI is InChI=1S/C13H19N3O/c1-9(2)14-8-13-11(5-6-17-13)12-7-15-16(4)10(12)3/h5-7,9,14H,8H2,1-4H3. The molecule has 4 nitrogen and oxygen atoms in total. The minimum absolute atomic E-state index is 0.447. The number of nitrogens with zero attached hydrogens (tertiary/aromatic N) is 2. The molecule has 0 spiro atoms. The van der Waals surface area contributed by atoms with E-state index in [0.29, 0.717) is 6.04 Å². The molecule has 0 aliphatic carbocycles. The van der Waals surface area contributed by atoms with E-state index in [4.69, 9.17) is 4.42 Å². The zero-order valence-electron chi connectivity index (χ0n) is 10.8. The first-order valence-electron chi connectivity index (χ1n) is 5.88. The summed E-state index contributed by atoms with van der Waals surface area (Å²) in [4.78, 5) is 0. The smallest absolute Gasteiger partial charge is 0.125 e. The first kappa shape index (κ1) is 11.9. The normalized spacial score (nSPS) is 11.4. The van der Waals surface area contributed by atoms with Crippen molar-refractivity contribution >= 4 is 0 Å². The number of aryl methyl sites for hydroxylation is 1. The molecule has 92 valence electrons. The Balaban J connectivity index is 2.27. The van der Waals surface area contributed by atoms with Gasteiger partial charge in [0, 0.05) is 29.9 Å². The molecule has 0 bridgehead atoms. The SMILES string of the molecule is Cc1c(-c2ccoc2CNC(C)C)cnn1C. The fraction of sp³-hybridized carbons (Fsp3) is 0.462. The maximum atomic E-state index is 5.53. The van der Waals surface area contributed by atoms with E-state index in [-0.39, 0.29) is 0 Å². The van der Waals surface area contributed by atoms with E-state index in [1.54, 1.807) is 6.26 Å². The Hall–Kier alpha value is -1.55. The van der Waals surface area contributed by atoms with Crippen molar-refractivity contribution in [1.29, 1.82) is 0 Å². The molecule has 0 aliphatic heterocycles. The third kappa shape index (κ3) is 2.42. The molecule has 0 aliphatic rings. The molecular formula is C13H19N3O. The summed E-state index contributed by atoms with van der Waals surface area (Å²) in [7, 11) is 1.95. The molecule has 0 amide bonds. The van der Waals surface area contributed by atoms with Gasteiger partial charge >= 0.3 is 0 Å². The number of hydrogen-bond acceptors (Lipinski definition) is 3. The van der Waals surface area contributed by atoms with Crippen molar-refractivity contribution in [2.24, 2.45) is 7.05 Å². The Kier molecular flexibility index (Phi) is 3.33. The van der Waals surface area contributed by atoms with Gasteiger partial charge in [-0.25, -0.2) is 0 Å². The van der Waals surface area contributed by atoms with E-state index < -0.39 is 0 Å². The highest BCUT2D eigenvalue weighted by Gasteiger charge is 2.13. The van der Waals surface area contributed by atoms with Gasteiger partial charge in [-0.3, -0.25) is 4.68 Å². The van der Waals surface area contributed by atoms with Crippen molar-refractivity contribution in [2.75, 3.05) is 0 Å². The third-order valence-electron chi connectivity index (χ3n) is 2.94. The third-order valence-corrected chi connectivity index (χ3v) is 2.94. The molecule has 0 aromatic carbocycles. The topological polar surface area (TPSA) is 43.0 Å². The fourth-order valence-electron chi connectivity index (χ4n) is 1.78. The van der Waals surface area contributed by atoms with Crippen LogP contribution in [-0.2, 0) is 13.6 Å². The highest BCUT2D eigenvalue weighted by atomic mass is 16.3. The predicted molar refractivity (Wildman–Crippen MR) is 67.6 cm³/mol. The summed E-state index contributed by atoms with van der Waals surface area (Å²) >= 11 is 0. The Morgan fingerprint density at radius 1 is 1.41 bits per heavy atom. The van der Waals surface area contributed by atoms with Crippen LogP contribution in [0, 0.1) is 6.92 Å². The zero-order valence-corrected chi connectivity index (χ0v) is 10.8. The van der Waals surface area contributed by atoms with Crippen LogP contribution in [0.2, 0.25) is 0 Å². The lowest BCUT2D eigenvalue weighted by Crippen LogP contribution is -2.21. The second-order valence-corrected chi connectivity index (χ2v) is 4.56. The Bertz CT molecular complexity index is 496. The molecule has 2 rings (SSSR count). The molecular weight excluding hydrogens is 214 g/mol. The first-order valence-corrected chi connectivity index (χ1v) is 5.88. The molecule has 0 unspecified atom stereocenters. The van der Waals surface area contributed by atoms with E-state index in [1.165, 1.54) is 0 Å². The van der Waals surface area contributed by atoms with Crippen molar-refractivity contribution in [2.45, 2.75) is 33.4 Å². The Morgan fingerprint density at radius 3 is 2.76 bits per heavy atom. The van der Waals surface area contributed by atoms with Crippen molar-refractivity contribution in [3.63, 3.8) is 0 Å². The number of rotatable bonds is 4. The Morgan fingerprint density at radius 2 is 2.18 bits per heavy atom. The maximum Gasteiger partial charge on any atom is 0.125 e. The lowest BCUT2D eigenvalue weighted by molar-refractivity contribution is 0.466. The predicted octanol–water partition coefficient (Wildman–Crippen LogP) is 2.49. The average molecular weight is 233 g/mol. The van der Waals surface area contributed by atoms with Crippen LogP contribution >= 0.6 is 0 Å². The van der Waals surface area contributed by atoms with Crippen molar-refractivity contribution < 1.29 is 4.42 Å². The van der Waals surface area contributed by atoms with Crippen LogP contribution in [-0.4, -0.2) is 15.8 Å². The monoisotopic (exact) mass is 233 g/mol. The molecule has 1 N–H and O–H groups in total. The van der Waals surface area contributed by atoms with Gasteiger partial charge in [0.25, 0.3) is 0 Å². The van der Waals surface area contributed by atoms with Gasteiger partial charge < -0.3 is 9.73 Å². The van der Waals surface area contributed by atoms with Gasteiger partial charge in [-0.1, -0.05) is 13.8 Å². The quantitative estimate of drug-likeness (QED) is 0.882. The molecule has 0 fully saturated rings. The molecule has 2 aromatic heterocycles. The minimum atomic E-state index is 0.447. The molecule has 17 heavy (non-hydrogen) atoms. The van der Waals surface area contributed by atoms with Gasteiger partial charge in [0.15, 0.2) is 0 Å². The molecule has 0 atom stereocenters. The summed E-state index contributed by atoms with van der Waals surface area (Å²) in [5, 5.41) is 7.63. The highest BCUT2D eigenvalue weighted by Crippen LogP contribution is 2.27. The molecule has 2 aromatic rings. The second kappa shape index (κ2) is 4.75. The summed E-state index contributed by atoms with van der Waals surface area (Å²) in [6, 6.07) is 2.45. The van der Waals surface area contributed by atoms with Crippen LogP contribution in [0.15, 0.2) is 22.9 Å². The van der Waals surface area contributed by atoms with Gasteiger partial charge in [0.05, 0.1) is 19.0 Å². The number of aromatic nitrogens is 2. The lowest BCUT2D eigenvalue weighted by Gasteiger charge is -2.07. The van der Waals surface area contributed by atoms with Crippen molar-refractivity contribution in [1.82, 2.24) is 15.1 Å². The summed E-state index contributed by atoms with van der Waals surface area (Å²) in [6.07, 6.45) is 3.62. The van der Waals surface area contributed by atoms with Crippen LogP contribution in [0.5, 0.6) is 0 Å². The first-order chi connectivity index (χ1) is 8.09. The fourth-order valence-corrected chi connectivity index (χ4v) is 1.78. The van der Waals surface area contributed by atoms with Crippen LogP contribution in [0.3, 0.4) is 0 Å². The number of hydrogen-bond donors (Lipinski definition) is 1. The van der Waals surface area contributed by atoms with E-state index >= 15 is 0 Å². The summed E-state index contributed by atoms with van der Waals surface area (Å²) in [5.41, 5.74) is 3.42. The Labute approximate surface area is 102 Å². The number of nitrogens with one attached hydrogen (secondary N) is 1. The van der Waals surface area contributed by atoms with Crippen LogP contribution in [0.4, 0.5) is 0 Å². The second-order valence-electron chi connectivity index (χ2n) is 4.56. The number of furan rings is 1. The summed E-state index contributed by atoms with van der Waals surface area (Å²) in [5.74, 6) is 0.967. The molecule has 4 heteroatoms. The largest absolute Gasteiger partial charge is 0.467 e. The maximum absolute atomic E-state index is 5.53. The molecule has 2 heterocycles.